The van der Waals surface area contributed by atoms with Crippen molar-refractivity contribution in [2.45, 2.75) is 19.9 Å². The third-order valence-electron chi connectivity index (χ3n) is 2.66. The van der Waals surface area contributed by atoms with Crippen LogP contribution in [0.4, 0.5) is 0 Å². The number of amides is 2. The van der Waals surface area contributed by atoms with Crippen LogP contribution in [0.15, 0.2) is 24.3 Å². The predicted molar refractivity (Wildman–Crippen MR) is 73.1 cm³/mol. The summed E-state index contributed by atoms with van der Waals surface area (Å²) in [4.78, 5) is 34.4. The first kappa shape index (κ1) is 15.7. The van der Waals surface area contributed by atoms with Gasteiger partial charge in [-0.05, 0) is 26.0 Å². The molecule has 1 atom stereocenters. The van der Waals surface area contributed by atoms with Gasteiger partial charge in [-0.3, -0.25) is 9.59 Å². The molecule has 1 unspecified atom stereocenters. The molecule has 2 amide bonds. The number of hydrogen-bond donors (Lipinski definition) is 2. The lowest BCUT2D eigenvalue weighted by Crippen LogP contribution is -2.44. The fraction of sp³-hybridized carbons (Fsp3) is 0.357. The fourth-order valence-electron chi connectivity index (χ4n) is 1.50. The highest BCUT2D eigenvalue weighted by atomic mass is 16.5. The molecular weight excluding hydrogens is 260 g/mol. The first-order valence-electron chi connectivity index (χ1n) is 6.16. The maximum atomic E-state index is 11.8. The molecule has 0 aromatic heterocycles. The van der Waals surface area contributed by atoms with E-state index in [9.17, 15) is 14.4 Å². The van der Waals surface area contributed by atoms with Crippen LogP contribution in [0.5, 0.6) is 0 Å². The van der Waals surface area contributed by atoms with Crippen LogP contribution in [0.25, 0.3) is 0 Å². The number of nitrogens with one attached hydrogen (secondary N) is 2. The average molecular weight is 278 g/mol. The second kappa shape index (κ2) is 7.28. The summed E-state index contributed by atoms with van der Waals surface area (Å²) in [5.41, 5.74) is 1.52. The molecule has 0 aliphatic carbocycles. The Bertz CT molecular complexity index is 496. The van der Waals surface area contributed by atoms with Crippen molar-refractivity contribution in [3.05, 3.63) is 35.4 Å². The van der Waals surface area contributed by atoms with E-state index in [-0.39, 0.29) is 12.5 Å². The molecule has 20 heavy (non-hydrogen) atoms. The molecule has 0 saturated heterocycles. The van der Waals surface area contributed by atoms with Gasteiger partial charge in [0, 0.05) is 5.56 Å². The van der Waals surface area contributed by atoms with Gasteiger partial charge in [0.15, 0.2) is 0 Å². The number of esters is 1. The van der Waals surface area contributed by atoms with E-state index < -0.39 is 17.9 Å². The largest absolute Gasteiger partial charge is 0.467 e. The topological polar surface area (TPSA) is 84.5 Å². The Kier molecular flexibility index (Phi) is 5.71. The van der Waals surface area contributed by atoms with Crippen molar-refractivity contribution in [2.24, 2.45) is 0 Å². The minimum absolute atomic E-state index is 0.200. The average Bonchev–Trinajstić information content (AvgIpc) is 2.44. The molecule has 0 bridgehead atoms. The van der Waals surface area contributed by atoms with E-state index >= 15 is 0 Å². The van der Waals surface area contributed by atoms with Crippen LogP contribution in [0.3, 0.4) is 0 Å². The van der Waals surface area contributed by atoms with E-state index in [1.165, 1.54) is 14.0 Å². The van der Waals surface area contributed by atoms with Crippen molar-refractivity contribution < 1.29 is 19.1 Å². The number of methoxy groups -OCH3 is 1. The Labute approximate surface area is 117 Å². The smallest absolute Gasteiger partial charge is 0.328 e. The number of ether oxygens (including phenoxy) is 1. The lowest BCUT2D eigenvalue weighted by molar-refractivity contribution is -0.144. The highest BCUT2D eigenvalue weighted by Crippen LogP contribution is 2.02. The first-order chi connectivity index (χ1) is 9.43. The summed E-state index contributed by atoms with van der Waals surface area (Å²) >= 11 is 0. The van der Waals surface area contributed by atoms with Gasteiger partial charge in [-0.1, -0.05) is 17.7 Å². The Morgan fingerprint density at radius 2 is 1.80 bits per heavy atom. The predicted octanol–water partition coefficient (Wildman–Crippen LogP) is 0.403. The summed E-state index contributed by atoms with van der Waals surface area (Å²) in [7, 11) is 1.24. The summed E-state index contributed by atoms with van der Waals surface area (Å²) < 4.78 is 4.48. The van der Waals surface area contributed by atoms with E-state index in [1.54, 1.807) is 12.1 Å². The van der Waals surface area contributed by atoms with Gasteiger partial charge in [0.25, 0.3) is 5.91 Å². The quantitative estimate of drug-likeness (QED) is 0.764. The Hall–Kier alpha value is -2.37. The zero-order valence-electron chi connectivity index (χ0n) is 11.7. The van der Waals surface area contributed by atoms with Crippen LogP contribution in [0.2, 0.25) is 0 Å². The molecule has 0 spiro atoms. The van der Waals surface area contributed by atoms with E-state index in [2.05, 4.69) is 15.4 Å². The lowest BCUT2D eigenvalue weighted by atomic mass is 10.1. The molecule has 0 heterocycles. The first-order valence-corrected chi connectivity index (χ1v) is 6.16. The third-order valence-corrected chi connectivity index (χ3v) is 2.66. The van der Waals surface area contributed by atoms with E-state index in [4.69, 9.17) is 0 Å². The molecule has 0 aliphatic rings. The van der Waals surface area contributed by atoms with Gasteiger partial charge in [0.05, 0.1) is 13.7 Å². The van der Waals surface area contributed by atoms with Crippen molar-refractivity contribution in [3.63, 3.8) is 0 Å². The van der Waals surface area contributed by atoms with Crippen molar-refractivity contribution in [1.82, 2.24) is 10.6 Å². The molecule has 0 saturated carbocycles. The summed E-state index contributed by atoms with van der Waals surface area (Å²) in [6, 6.07) is 6.24. The van der Waals surface area contributed by atoms with Gasteiger partial charge >= 0.3 is 5.97 Å². The molecule has 0 aliphatic heterocycles. The molecule has 1 aromatic carbocycles. The Morgan fingerprint density at radius 1 is 1.20 bits per heavy atom. The monoisotopic (exact) mass is 278 g/mol. The van der Waals surface area contributed by atoms with Crippen LogP contribution in [0.1, 0.15) is 22.8 Å². The van der Waals surface area contributed by atoms with Crippen molar-refractivity contribution in [1.29, 1.82) is 0 Å². The zero-order valence-corrected chi connectivity index (χ0v) is 11.7. The lowest BCUT2D eigenvalue weighted by Gasteiger charge is -2.12. The molecule has 108 valence electrons. The second-order valence-corrected chi connectivity index (χ2v) is 4.36. The molecule has 6 nitrogen and oxygen atoms in total. The molecule has 0 fully saturated rings. The van der Waals surface area contributed by atoms with Crippen LogP contribution in [-0.4, -0.2) is 37.5 Å². The van der Waals surface area contributed by atoms with Crippen molar-refractivity contribution >= 4 is 17.8 Å². The van der Waals surface area contributed by atoms with Gasteiger partial charge in [-0.2, -0.15) is 0 Å². The van der Waals surface area contributed by atoms with E-state index in [1.807, 2.05) is 19.1 Å². The minimum atomic E-state index is -0.747. The maximum Gasteiger partial charge on any atom is 0.328 e. The van der Waals surface area contributed by atoms with Gasteiger partial charge in [-0.25, -0.2) is 4.79 Å². The number of carbonyl (C=O) groups excluding carboxylic acids is 3. The molecule has 0 radical (unpaired) electrons. The summed E-state index contributed by atoms with van der Waals surface area (Å²) in [5.74, 6) is -1.34. The second-order valence-electron chi connectivity index (χ2n) is 4.36. The molecule has 1 aromatic rings. The summed E-state index contributed by atoms with van der Waals surface area (Å²) in [6.45, 7) is 3.23. The number of rotatable bonds is 5. The van der Waals surface area contributed by atoms with Crippen LogP contribution in [-0.2, 0) is 14.3 Å². The Balaban J connectivity index is 2.43. The standard InChI is InChI=1S/C14H18N2O4/c1-9-4-6-11(7-5-9)13(18)15-8-12(17)16-10(2)14(19)20-3/h4-7,10H,8H2,1-3H3,(H,15,18)(H,16,17). The number of aryl methyl sites for hydroxylation is 1. The molecule has 1 rings (SSSR count). The third kappa shape index (κ3) is 4.72. The normalized spacial score (nSPS) is 11.3. The zero-order chi connectivity index (χ0) is 15.1. The Morgan fingerprint density at radius 3 is 2.35 bits per heavy atom. The highest BCUT2D eigenvalue weighted by Gasteiger charge is 2.16. The van der Waals surface area contributed by atoms with Crippen LogP contribution < -0.4 is 10.6 Å². The number of benzene rings is 1. The van der Waals surface area contributed by atoms with Gasteiger partial charge in [0.2, 0.25) is 5.91 Å². The van der Waals surface area contributed by atoms with Gasteiger partial charge in [-0.15, -0.1) is 0 Å². The molecule has 6 heteroatoms. The number of hydrogen-bond acceptors (Lipinski definition) is 4. The van der Waals surface area contributed by atoms with E-state index in [0.717, 1.165) is 5.56 Å². The summed E-state index contributed by atoms with van der Waals surface area (Å²) in [6.07, 6.45) is 0. The van der Waals surface area contributed by atoms with Gasteiger partial charge < -0.3 is 15.4 Å². The molecule has 2 N–H and O–H groups in total. The summed E-state index contributed by atoms with van der Waals surface area (Å²) in [5, 5.41) is 4.90. The van der Waals surface area contributed by atoms with Gasteiger partial charge in [0.1, 0.15) is 6.04 Å². The SMILES string of the molecule is COC(=O)C(C)NC(=O)CNC(=O)c1ccc(C)cc1. The van der Waals surface area contributed by atoms with Crippen LogP contribution >= 0.6 is 0 Å². The fourth-order valence-corrected chi connectivity index (χ4v) is 1.50. The number of carbonyl (C=O) groups is 3. The minimum Gasteiger partial charge on any atom is -0.467 e. The van der Waals surface area contributed by atoms with Crippen molar-refractivity contribution in [3.8, 4) is 0 Å². The molecular formula is C14H18N2O4. The van der Waals surface area contributed by atoms with Crippen LogP contribution in [0, 0.1) is 6.92 Å². The highest BCUT2D eigenvalue weighted by molar-refractivity contribution is 5.96. The van der Waals surface area contributed by atoms with Crippen molar-refractivity contribution in [2.75, 3.05) is 13.7 Å². The van der Waals surface area contributed by atoms with E-state index in [0.29, 0.717) is 5.56 Å². The maximum absolute atomic E-state index is 11.8.